The van der Waals surface area contributed by atoms with Gasteiger partial charge in [-0.2, -0.15) is 0 Å². The first-order valence-electron chi connectivity index (χ1n) is 2.47. The third-order valence-electron chi connectivity index (χ3n) is 1.27. The van der Waals surface area contributed by atoms with Crippen molar-refractivity contribution in [3.8, 4) is 0 Å². The Kier molecular flexibility index (Phi) is 1.69. The molecule has 1 aliphatic heterocycles. The first kappa shape index (κ1) is 6.25. The van der Waals surface area contributed by atoms with Crippen LogP contribution < -0.4 is 0 Å². The Labute approximate surface area is 62.7 Å². The molecule has 0 spiro atoms. The molecule has 1 nitrogen and oxygen atoms in total. The fraction of sp³-hybridized carbons (Fsp3) is 0.333. The average Bonchev–Trinajstić information content (AvgIpc) is 2.41. The second kappa shape index (κ2) is 2.16. The summed E-state index contributed by atoms with van der Waals surface area (Å²) in [6.07, 6.45) is 9.06. The maximum Gasteiger partial charge on any atom is 0.107 e. The molecule has 8 heavy (non-hydrogen) atoms. The van der Waals surface area contributed by atoms with E-state index in [0.29, 0.717) is 12.2 Å². The third kappa shape index (κ3) is 0.935. The van der Waals surface area contributed by atoms with Crippen LogP contribution in [0.2, 0.25) is 0 Å². The minimum atomic E-state index is 0. The van der Waals surface area contributed by atoms with E-state index < -0.39 is 0 Å². The van der Waals surface area contributed by atoms with Gasteiger partial charge in [-0.1, -0.05) is 24.3 Å². The molecule has 0 bridgehead atoms. The van der Waals surface area contributed by atoms with E-state index in [1.54, 1.807) is 0 Å². The van der Waals surface area contributed by atoms with Crippen molar-refractivity contribution >= 4 is 0 Å². The van der Waals surface area contributed by atoms with E-state index in [2.05, 4.69) is 12.2 Å². The molecule has 1 heterocycles. The van der Waals surface area contributed by atoms with Crippen LogP contribution in [0.1, 0.15) is 0 Å². The van der Waals surface area contributed by atoms with E-state index in [-0.39, 0.29) is 21.1 Å². The van der Waals surface area contributed by atoms with E-state index >= 15 is 0 Å². The van der Waals surface area contributed by atoms with Crippen molar-refractivity contribution in [1.29, 1.82) is 0 Å². The van der Waals surface area contributed by atoms with Gasteiger partial charge >= 0.3 is 0 Å². The normalized spacial score (nSPS) is 38.0. The summed E-state index contributed by atoms with van der Waals surface area (Å²) in [7, 11) is 0. The van der Waals surface area contributed by atoms with Crippen LogP contribution in [-0.2, 0) is 25.8 Å². The molecule has 0 saturated carbocycles. The minimum Gasteiger partial charge on any atom is -0.361 e. The molecule has 42 valence electrons. The average molecular weight is 278 g/mol. The summed E-state index contributed by atoms with van der Waals surface area (Å²) in [5.41, 5.74) is 0. The van der Waals surface area contributed by atoms with E-state index in [4.69, 9.17) is 4.74 Å². The van der Waals surface area contributed by atoms with Crippen molar-refractivity contribution in [1.82, 2.24) is 0 Å². The van der Waals surface area contributed by atoms with E-state index in [9.17, 15) is 0 Å². The smallest absolute Gasteiger partial charge is 0.107 e. The molecule has 0 N–H and O–H groups in total. The number of ether oxygens (including phenoxy) is 1. The number of allylic oxidation sites excluding steroid dienone is 2. The molecule has 2 aliphatic rings. The Morgan fingerprint density at radius 2 is 1.50 bits per heavy atom. The topological polar surface area (TPSA) is 12.5 Å². The molecule has 0 amide bonds. The molecule has 1 saturated heterocycles. The van der Waals surface area contributed by atoms with Gasteiger partial charge in [0.1, 0.15) is 12.2 Å². The van der Waals surface area contributed by atoms with Crippen LogP contribution in [0.25, 0.3) is 0 Å². The fourth-order valence-electron chi connectivity index (χ4n) is 0.793. The molecule has 2 heteroatoms. The van der Waals surface area contributed by atoms with Crippen molar-refractivity contribution in [2.24, 2.45) is 0 Å². The van der Waals surface area contributed by atoms with E-state index in [1.807, 2.05) is 12.2 Å². The van der Waals surface area contributed by atoms with Gasteiger partial charge in [0, 0.05) is 21.1 Å². The third-order valence-corrected chi connectivity index (χ3v) is 1.27. The molecular weight excluding hydrogens is 272 g/mol. The van der Waals surface area contributed by atoms with Crippen LogP contribution in [0.4, 0.5) is 0 Å². The summed E-state index contributed by atoms with van der Waals surface area (Å²) in [6, 6.07) is 0. The van der Waals surface area contributed by atoms with Gasteiger partial charge in [0.2, 0.25) is 0 Å². The first-order valence-corrected chi connectivity index (χ1v) is 2.47. The zero-order chi connectivity index (χ0) is 4.69. The van der Waals surface area contributed by atoms with Crippen LogP contribution >= 0.6 is 0 Å². The number of fused-ring (bicyclic) bond motifs is 1. The fourth-order valence-corrected chi connectivity index (χ4v) is 0.793. The van der Waals surface area contributed by atoms with Gasteiger partial charge in [-0.3, -0.25) is 0 Å². The van der Waals surface area contributed by atoms with Crippen LogP contribution in [0, 0.1) is 0 Å². The summed E-state index contributed by atoms with van der Waals surface area (Å²) in [5.74, 6) is 0. The standard InChI is InChI=1S/C6H6O.W/c1-2-4-6-5(3-1)7-6;/h1-6H;. The van der Waals surface area contributed by atoms with Gasteiger partial charge in [0.05, 0.1) is 0 Å². The van der Waals surface area contributed by atoms with Gasteiger partial charge < -0.3 is 4.74 Å². The number of hydrogen-bond donors (Lipinski definition) is 0. The molecule has 2 unspecified atom stereocenters. The summed E-state index contributed by atoms with van der Waals surface area (Å²) in [6.45, 7) is 0. The summed E-state index contributed by atoms with van der Waals surface area (Å²) >= 11 is 0. The SMILES string of the molecule is C1=CC2OC2C=C1.[W]. The van der Waals surface area contributed by atoms with Crippen molar-refractivity contribution in [3.63, 3.8) is 0 Å². The first-order chi connectivity index (χ1) is 3.47. The van der Waals surface area contributed by atoms with Gasteiger partial charge in [0.15, 0.2) is 0 Å². The van der Waals surface area contributed by atoms with Crippen LogP contribution in [-0.4, -0.2) is 12.2 Å². The quantitative estimate of drug-likeness (QED) is 0.599. The number of rotatable bonds is 0. The Bertz CT molecular complexity index is 123. The van der Waals surface area contributed by atoms with E-state index in [1.165, 1.54) is 0 Å². The van der Waals surface area contributed by atoms with Gasteiger partial charge in [-0.05, 0) is 0 Å². The molecule has 2 atom stereocenters. The van der Waals surface area contributed by atoms with E-state index in [0.717, 1.165) is 0 Å². The molecule has 0 aromatic heterocycles. The molecule has 2 rings (SSSR count). The second-order valence-electron chi connectivity index (χ2n) is 1.84. The second-order valence-corrected chi connectivity index (χ2v) is 1.84. The van der Waals surface area contributed by atoms with Crippen molar-refractivity contribution in [2.75, 3.05) is 0 Å². The van der Waals surface area contributed by atoms with Gasteiger partial charge in [0.25, 0.3) is 0 Å². The Morgan fingerprint density at radius 1 is 1.00 bits per heavy atom. The van der Waals surface area contributed by atoms with Crippen molar-refractivity contribution in [2.45, 2.75) is 12.2 Å². The number of epoxide rings is 1. The zero-order valence-electron chi connectivity index (χ0n) is 4.28. The monoisotopic (exact) mass is 278 g/mol. The summed E-state index contributed by atoms with van der Waals surface area (Å²) in [5, 5.41) is 0. The molecule has 0 aromatic rings. The largest absolute Gasteiger partial charge is 0.361 e. The van der Waals surface area contributed by atoms with Gasteiger partial charge in [-0.15, -0.1) is 0 Å². The van der Waals surface area contributed by atoms with Crippen LogP contribution in [0.5, 0.6) is 0 Å². The van der Waals surface area contributed by atoms with Crippen LogP contribution in [0.3, 0.4) is 0 Å². The molecule has 1 fully saturated rings. The zero-order valence-corrected chi connectivity index (χ0v) is 7.21. The van der Waals surface area contributed by atoms with Gasteiger partial charge in [-0.25, -0.2) is 0 Å². The molecule has 0 radical (unpaired) electrons. The molecule has 1 aliphatic carbocycles. The number of hydrogen-bond acceptors (Lipinski definition) is 1. The predicted molar refractivity (Wildman–Crippen MR) is 26.9 cm³/mol. The predicted octanol–water partition coefficient (Wildman–Crippen LogP) is 0.877. The van der Waals surface area contributed by atoms with Crippen LogP contribution in [0.15, 0.2) is 24.3 Å². The Balaban J connectivity index is 0.000000320. The Hall–Kier alpha value is 0.128. The summed E-state index contributed by atoms with van der Waals surface area (Å²) < 4.78 is 5.10. The minimum absolute atomic E-state index is 0. The molecule has 0 aromatic carbocycles. The maximum absolute atomic E-state index is 5.10. The molecular formula is C6H6OW. The maximum atomic E-state index is 5.10. The summed E-state index contributed by atoms with van der Waals surface area (Å²) in [4.78, 5) is 0. The van der Waals surface area contributed by atoms with Crippen molar-refractivity contribution < 1.29 is 25.8 Å². The van der Waals surface area contributed by atoms with Crippen molar-refractivity contribution in [3.05, 3.63) is 24.3 Å². The Morgan fingerprint density at radius 3 is 1.88 bits per heavy atom.